The van der Waals surface area contributed by atoms with E-state index >= 15 is 0 Å². The van der Waals surface area contributed by atoms with E-state index < -0.39 is 0 Å². The van der Waals surface area contributed by atoms with Crippen LogP contribution in [-0.4, -0.2) is 37.1 Å². The number of aryl methyl sites for hydroxylation is 1. The third-order valence-corrected chi connectivity index (χ3v) is 2.92. The number of amides is 2. The molecule has 4 heteroatoms. The molecule has 0 fully saturated rings. The van der Waals surface area contributed by atoms with Crippen LogP contribution < -0.4 is 10.6 Å². The Morgan fingerprint density at radius 2 is 1.78 bits per heavy atom. The lowest BCUT2D eigenvalue weighted by atomic mass is 10.2. The van der Waals surface area contributed by atoms with Gasteiger partial charge in [0.25, 0.3) is 0 Å². The van der Waals surface area contributed by atoms with Crippen LogP contribution in [0.15, 0.2) is 24.3 Å². The van der Waals surface area contributed by atoms with E-state index in [4.69, 9.17) is 0 Å². The van der Waals surface area contributed by atoms with E-state index in [0.717, 1.165) is 25.3 Å². The van der Waals surface area contributed by atoms with Crippen LogP contribution >= 0.6 is 0 Å². The second-order valence-electron chi connectivity index (χ2n) is 4.27. The number of nitrogens with zero attached hydrogens (tertiary/aromatic N) is 1. The van der Waals surface area contributed by atoms with Crippen LogP contribution in [0.1, 0.15) is 19.4 Å². The number of carbonyl (C=O) groups excluding carboxylic acids is 1. The molecule has 0 saturated heterocycles. The lowest BCUT2D eigenvalue weighted by Gasteiger charge is -2.18. The lowest BCUT2D eigenvalue weighted by Crippen LogP contribution is -2.36. The first-order valence-electron chi connectivity index (χ1n) is 6.49. The summed E-state index contributed by atoms with van der Waals surface area (Å²) in [6, 6.07) is 7.61. The SMILES string of the molecule is CCN(CC)CCNC(=O)Nc1ccc(C)cc1. The van der Waals surface area contributed by atoms with Crippen molar-refractivity contribution in [2.45, 2.75) is 20.8 Å². The van der Waals surface area contributed by atoms with Gasteiger partial charge in [-0.2, -0.15) is 0 Å². The molecule has 0 radical (unpaired) electrons. The van der Waals surface area contributed by atoms with Crippen molar-refractivity contribution in [3.8, 4) is 0 Å². The first-order valence-corrected chi connectivity index (χ1v) is 6.49. The molecule has 0 atom stereocenters. The maximum Gasteiger partial charge on any atom is 0.319 e. The summed E-state index contributed by atoms with van der Waals surface area (Å²) in [7, 11) is 0. The highest BCUT2D eigenvalue weighted by Crippen LogP contribution is 2.07. The van der Waals surface area contributed by atoms with Crippen molar-refractivity contribution in [2.24, 2.45) is 0 Å². The molecular formula is C14H23N3O. The third kappa shape index (κ3) is 5.19. The fraction of sp³-hybridized carbons (Fsp3) is 0.500. The first-order chi connectivity index (χ1) is 8.65. The molecule has 2 N–H and O–H groups in total. The number of urea groups is 1. The minimum atomic E-state index is -0.147. The molecule has 0 aliphatic heterocycles. The van der Waals surface area contributed by atoms with Gasteiger partial charge in [0.1, 0.15) is 0 Å². The van der Waals surface area contributed by atoms with Crippen LogP contribution in [0.3, 0.4) is 0 Å². The smallest absolute Gasteiger partial charge is 0.319 e. The van der Waals surface area contributed by atoms with Crippen LogP contribution in [0.2, 0.25) is 0 Å². The molecular weight excluding hydrogens is 226 g/mol. The Hall–Kier alpha value is -1.55. The molecule has 2 amide bonds. The highest BCUT2D eigenvalue weighted by atomic mass is 16.2. The zero-order valence-electron chi connectivity index (χ0n) is 11.5. The molecule has 0 unspecified atom stereocenters. The number of rotatable bonds is 6. The van der Waals surface area contributed by atoms with Gasteiger partial charge in [0.15, 0.2) is 0 Å². The topological polar surface area (TPSA) is 44.4 Å². The Labute approximate surface area is 109 Å². The fourth-order valence-electron chi connectivity index (χ4n) is 1.68. The molecule has 0 aliphatic rings. The van der Waals surface area contributed by atoms with E-state index in [1.807, 2.05) is 31.2 Å². The Morgan fingerprint density at radius 1 is 1.17 bits per heavy atom. The second-order valence-corrected chi connectivity index (χ2v) is 4.27. The summed E-state index contributed by atoms with van der Waals surface area (Å²) < 4.78 is 0. The molecule has 1 rings (SSSR count). The zero-order valence-corrected chi connectivity index (χ0v) is 11.5. The fourth-order valence-corrected chi connectivity index (χ4v) is 1.68. The summed E-state index contributed by atoms with van der Waals surface area (Å²) in [5, 5.41) is 5.66. The third-order valence-electron chi connectivity index (χ3n) is 2.92. The molecule has 1 aromatic rings. The van der Waals surface area contributed by atoms with E-state index in [0.29, 0.717) is 6.54 Å². The van der Waals surface area contributed by atoms with Crippen molar-refractivity contribution in [1.29, 1.82) is 0 Å². The minimum Gasteiger partial charge on any atom is -0.337 e. The van der Waals surface area contributed by atoms with Crippen molar-refractivity contribution >= 4 is 11.7 Å². The lowest BCUT2D eigenvalue weighted by molar-refractivity contribution is 0.248. The summed E-state index contributed by atoms with van der Waals surface area (Å²) in [5.41, 5.74) is 2.00. The maximum absolute atomic E-state index is 11.6. The molecule has 4 nitrogen and oxygen atoms in total. The van der Waals surface area contributed by atoms with Gasteiger partial charge in [-0.15, -0.1) is 0 Å². The average Bonchev–Trinajstić information content (AvgIpc) is 2.37. The molecule has 0 bridgehead atoms. The van der Waals surface area contributed by atoms with Gasteiger partial charge >= 0.3 is 6.03 Å². The van der Waals surface area contributed by atoms with Gasteiger partial charge in [-0.1, -0.05) is 31.5 Å². The van der Waals surface area contributed by atoms with E-state index in [2.05, 4.69) is 29.4 Å². The quantitative estimate of drug-likeness (QED) is 0.813. The Bertz CT molecular complexity index is 358. The summed E-state index contributed by atoms with van der Waals surface area (Å²) >= 11 is 0. The van der Waals surface area contributed by atoms with Gasteiger partial charge in [0.2, 0.25) is 0 Å². The van der Waals surface area contributed by atoms with Crippen LogP contribution in [0.25, 0.3) is 0 Å². The van der Waals surface area contributed by atoms with Crippen LogP contribution in [0.5, 0.6) is 0 Å². The van der Waals surface area contributed by atoms with Gasteiger partial charge in [0, 0.05) is 18.8 Å². The predicted octanol–water partition coefficient (Wildman–Crippen LogP) is 2.46. The van der Waals surface area contributed by atoms with Crippen molar-refractivity contribution in [2.75, 3.05) is 31.5 Å². The minimum absolute atomic E-state index is 0.147. The standard InChI is InChI=1S/C14H23N3O/c1-4-17(5-2)11-10-15-14(18)16-13-8-6-12(3)7-9-13/h6-9H,4-5,10-11H2,1-3H3,(H2,15,16,18). The van der Waals surface area contributed by atoms with E-state index in [1.165, 1.54) is 5.56 Å². The molecule has 0 aliphatic carbocycles. The number of nitrogens with one attached hydrogen (secondary N) is 2. The maximum atomic E-state index is 11.6. The summed E-state index contributed by atoms with van der Waals surface area (Å²) in [5.74, 6) is 0. The summed E-state index contributed by atoms with van der Waals surface area (Å²) in [6.45, 7) is 9.84. The molecule has 0 heterocycles. The van der Waals surface area contributed by atoms with E-state index in [-0.39, 0.29) is 6.03 Å². The van der Waals surface area contributed by atoms with Crippen LogP contribution in [0.4, 0.5) is 10.5 Å². The predicted molar refractivity (Wildman–Crippen MR) is 76.0 cm³/mol. The molecule has 18 heavy (non-hydrogen) atoms. The highest BCUT2D eigenvalue weighted by Gasteiger charge is 2.02. The normalized spacial score (nSPS) is 10.4. The van der Waals surface area contributed by atoms with Gasteiger partial charge in [-0.25, -0.2) is 4.79 Å². The van der Waals surface area contributed by atoms with Crippen molar-refractivity contribution in [3.63, 3.8) is 0 Å². The Balaban J connectivity index is 2.27. The van der Waals surface area contributed by atoms with Crippen LogP contribution in [0, 0.1) is 6.92 Å². The monoisotopic (exact) mass is 249 g/mol. The highest BCUT2D eigenvalue weighted by molar-refractivity contribution is 5.89. The number of anilines is 1. The van der Waals surface area contributed by atoms with Gasteiger partial charge in [0.05, 0.1) is 0 Å². The van der Waals surface area contributed by atoms with Gasteiger partial charge < -0.3 is 15.5 Å². The summed E-state index contributed by atoms with van der Waals surface area (Å²) in [6.07, 6.45) is 0. The first kappa shape index (κ1) is 14.5. The number of carbonyl (C=O) groups is 1. The molecule has 0 spiro atoms. The Kier molecular flexibility index (Phi) is 6.22. The average molecular weight is 249 g/mol. The van der Waals surface area contributed by atoms with Crippen LogP contribution in [-0.2, 0) is 0 Å². The van der Waals surface area contributed by atoms with Gasteiger partial charge in [-0.05, 0) is 32.1 Å². The van der Waals surface area contributed by atoms with E-state index in [1.54, 1.807) is 0 Å². The molecule has 0 saturated carbocycles. The Morgan fingerprint density at radius 3 is 2.33 bits per heavy atom. The van der Waals surface area contributed by atoms with Crippen molar-refractivity contribution in [1.82, 2.24) is 10.2 Å². The van der Waals surface area contributed by atoms with Crippen molar-refractivity contribution in [3.05, 3.63) is 29.8 Å². The van der Waals surface area contributed by atoms with Crippen molar-refractivity contribution < 1.29 is 4.79 Å². The number of benzene rings is 1. The molecule has 0 aromatic heterocycles. The number of hydrogen-bond donors (Lipinski definition) is 2. The largest absolute Gasteiger partial charge is 0.337 e. The number of hydrogen-bond acceptors (Lipinski definition) is 2. The number of likely N-dealkylation sites (N-methyl/N-ethyl adjacent to an activating group) is 1. The van der Waals surface area contributed by atoms with Gasteiger partial charge in [-0.3, -0.25) is 0 Å². The molecule has 100 valence electrons. The molecule has 1 aromatic carbocycles. The summed E-state index contributed by atoms with van der Waals surface area (Å²) in [4.78, 5) is 13.9. The second kappa shape index (κ2) is 7.71. The zero-order chi connectivity index (χ0) is 13.4. The van der Waals surface area contributed by atoms with E-state index in [9.17, 15) is 4.79 Å².